The van der Waals surface area contributed by atoms with Gasteiger partial charge in [-0.05, 0) is 36.4 Å². The van der Waals surface area contributed by atoms with Gasteiger partial charge in [0.15, 0.2) is 6.10 Å². The highest BCUT2D eigenvalue weighted by molar-refractivity contribution is 7.12. The average molecular weight is 417 g/mol. The molecule has 0 saturated heterocycles. The molecule has 2 atom stereocenters. The Labute approximate surface area is 172 Å². The molecule has 1 aromatic heterocycles. The lowest BCUT2D eigenvalue weighted by Crippen LogP contribution is -2.50. The van der Waals surface area contributed by atoms with E-state index >= 15 is 0 Å². The normalized spacial score (nSPS) is 12.6. The third-order valence-corrected chi connectivity index (χ3v) is 4.82. The summed E-state index contributed by atoms with van der Waals surface area (Å²) in [7, 11) is 0. The number of hydrogen-bond acceptors (Lipinski definition) is 6. The van der Waals surface area contributed by atoms with E-state index in [0.717, 1.165) is 0 Å². The maximum absolute atomic E-state index is 12.5. The van der Waals surface area contributed by atoms with Gasteiger partial charge < -0.3 is 10.1 Å². The Morgan fingerprint density at radius 3 is 2.17 bits per heavy atom. The standard InChI is InChI=1S/C20H23N3O5S/c1-12(2)16(21-19(26)15-10-7-11-29-15)20(27)28-13(3)17(24)22-23-18(25)14-8-5-4-6-9-14/h4-13,16H,1-3H3,(H,21,26)(H,22,24)(H,23,25)/t13-,16+/m0/s1. The fourth-order valence-electron chi connectivity index (χ4n) is 2.30. The number of benzene rings is 1. The summed E-state index contributed by atoms with van der Waals surface area (Å²) in [5, 5.41) is 4.39. The lowest BCUT2D eigenvalue weighted by molar-refractivity contribution is -0.157. The Kier molecular flexibility index (Phi) is 7.90. The zero-order valence-corrected chi connectivity index (χ0v) is 17.1. The topological polar surface area (TPSA) is 114 Å². The highest BCUT2D eigenvalue weighted by atomic mass is 32.1. The first-order valence-electron chi connectivity index (χ1n) is 8.99. The molecule has 3 amide bonds. The Balaban J connectivity index is 1.88. The maximum atomic E-state index is 12.5. The second kappa shape index (κ2) is 10.4. The van der Waals surface area contributed by atoms with E-state index in [1.165, 1.54) is 18.3 Å². The van der Waals surface area contributed by atoms with E-state index in [0.29, 0.717) is 10.4 Å². The van der Waals surface area contributed by atoms with Gasteiger partial charge in [-0.2, -0.15) is 0 Å². The molecular formula is C20H23N3O5S. The van der Waals surface area contributed by atoms with Crippen molar-refractivity contribution in [3.63, 3.8) is 0 Å². The van der Waals surface area contributed by atoms with Crippen molar-refractivity contribution in [3.8, 4) is 0 Å². The van der Waals surface area contributed by atoms with E-state index in [2.05, 4.69) is 16.2 Å². The number of carbonyl (C=O) groups excluding carboxylic acids is 4. The summed E-state index contributed by atoms with van der Waals surface area (Å²) in [4.78, 5) is 49.2. The van der Waals surface area contributed by atoms with Crippen LogP contribution in [0.3, 0.4) is 0 Å². The monoisotopic (exact) mass is 417 g/mol. The molecule has 0 fully saturated rings. The van der Waals surface area contributed by atoms with E-state index in [9.17, 15) is 19.2 Å². The van der Waals surface area contributed by atoms with Gasteiger partial charge in [0.1, 0.15) is 6.04 Å². The number of hydrogen-bond donors (Lipinski definition) is 3. The SMILES string of the molecule is CC(C)[C@@H](NC(=O)c1cccs1)C(=O)O[C@@H](C)C(=O)NNC(=O)c1ccccc1. The molecule has 9 heteroatoms. The highest BCUT2D eigenvalue weighted by Crippen LogP contribution is 2.11. The first-order chi connectivity index (χ1) is 13.8. The van der Waals surface area contributed by atoms with E-state index < -0.39 is 29.9 Å². The molecule has 3 N–H and O–H groups in total. The van der Waals surface area contributed by atoms with Crippen LogP contribution in [0.2, 0.25) is 0 Å². The number of ether oxygens (including phenoxy) is 1. The van der Waals surface area contributed by atoms with Crippen LogP contribution < -0.4 is 16.2 Å². The molecule has 0 saturated carbocycles. The Morgan fingerprint density at radius 2 is 1.59 bits per heavy atom. The molecule has 0 radical (unpaired) electrons. The molecule has 2 aromatic rings. The smallest absolute Gasteiger partial charge is 0.329 e. The van der Waals surface area contributed by atoms with Gasteiger partial charge in [0.05, 0.1) is 4.88 Å². The summed E-state index contributed by atoms with van der Waals surface area (Å²) in [5.41, 5.74) is 4.84. The molecule has 1 aromatic carbocycles. The van der Waals surface area contributed by atoms with Gasteiger partial charge >= 0.3 is 5.97 Å². The minimum absolute atomic E-state index is 0.251. The largest absolute Gasteiger partial charge is 0.451 e. The van der Waals surface area contributed by atoms with Crippen molar-refractivity contribution in [1.29, 1.82) is 0 Å². The van der Waals surface area contributed by atoms with Gasteiger partial charge in [-0.25, -0.2) is 4.79 Å². The van der Waals surface area contributed by atoms with Crippen LogP contribution in [0.1, 0.15) is 40.8 Å². The molecule has 29 heavy (non-hydrogen) atoms. The number of amides is 3. The van der Waals surface area contributed by atoms with Gasteiger partial charge in [0, 0.05) is 5.56 Å². The molecule has 0 aliphatic carbocycles. The molecular weight excluding hydrogens is 394 g/mol. The number of thiophene rings is 1. The van der Waals surface area contributed by atoms with E-state index in [1.807, 2.05) is 0 Å². The summed E-state index contributed by atoms with van der Waals surface area (Å²) in [6, 6.07) is 10.8. The van der Waals surface area contributed by atoms with Gasteiger partial charge in [-0.15, -0.1) is 11.3 Å². The molecule has 2 rings (SSSR count). The quantitative estimate of drug-likeness (QED) is 0.470. The van der Waals surface area contributed by atoms with Crippen LogP contribution in [0.15, 0.2) is 47.8 Å². The number of rotatable bonds is 7. The predicted octanol–water partition coefficient (Wildman–Crippen LogP) is 1.90. The summed E-state index contributed by atoms with van der Waals surface area (Å²) in [5.74, 6) is -2.57. The van der Waals surface area contributed by atoms with Gasteiger partial charge in [-0.3, -0.25) is 25.2 Å². The van der Waals surface area contributed by atoms with Gasteiger partial charge in [-0.1, -0.05) is 38.1 Å². The molecule has 8 nitrogen and oxygen atoms in total. The number of esters is 1. The summed E-state index contributed by atoms with van der Waals surface area (Å²) in [6.45, 7) is 4.89. The molecule has 0 aliphatic heterocycles. The van der Waals surface area contributed by atoms with Crippen LogP contribution in [-0.2, 0) is 14.3 Å². The third-order valence-electron chi connectivity index (χ3n) is 3.95. The number of carbonyl (C=O) groups is 4. The van der Waals surface area contributed by atoms with Crippen LogP contribution in [0.5, 0.6) is 0 Å². The minimum atomic E-state index is -1.17. The second-order valence-electron chi connectivity index (χ2n) is 6.56. The highest BCUT2D eigenvalue weighted by Gasteiger charge is 2.29. The average Bonchev–Trinajstić information content (AvgIpc) is 3.25. The van der Waals surface area contributed by atoms with Crippen molar-refractivity contribution in [1.82, 2.24) is 16.2 Å². The van der Waals surface area contributed by atoms with Crippen molar-refractivity contribution in [3.05, 3.63) is 58.3 Å². The second-order valence-corrected chi connectivity index (χ2v) is 7.51. The molecule has 0 unspecified atom stereocenters. The third kappa shape index (κ3) is 6.42. The lowest BCUT2D eigenvalue weighted by atomic mass is 10.0. The first-order valence-corrected chi connectivity index (χ1v) is 9.87. The van der Waals surface area contributed by atoms with Crippen LogP contribution in [-0.4, -0.2) is 35.8 Å². The number of hydrazine groups is 1. The maximum Gasteiger partial charge on any atom is 0.329 e. The Bertz CT molecular complexity index is 852. The van der Waals surface area contributed by atoms with Crippen LogP contribution in [0.4, 0.5) is 0 Å². The van der Waals surface area contributed by atoms with Gasteiger partial charge in [0.25, 0.3) is 17.7 Å². The van der Waals surface area contributed by atoms with Gasteiger partial charge in [0.2, 0.25) is 0 Å². The van der Waals surface area contributed by atoms with E-state index in [1.54, 1.807) is 61.7 Å². The minimum Gasteiger partial charge on any atom is -0.451 e. The van der Waals surface area contributed by atoms with Crippen LogP contribution >= 0.6 is 11.3 Å². The van der Waals surface area contributed by atoms with Crippen molar-refractivity contribution in [2.45, 2.75) is 32.9 Å². The van der Waals surface area contributed by atoms with E-state index in [-0.39, 0.29) is 11.8 Å². The van der Waals surface area contributed by atoms with Crippen molar-refractivity contribution < 1.29 is 23.9 Å². The van der Waals surface area contributed by atoms with Crippen LogP contribution in [0.25, 0.3) is 0 Å². The fourth-order valence-corrected chi connectivity index (χ4v) is 2.93. The summed E-state index contributed by atoms with van der Waals surface area (Å²) >= 11 is 1.25. The van der Waals surface area contributed by atoms with E-state index in [4.69, 9.17) is 4.74 Å². The number of nitrogens with one attached hydrogen (secondary N) is 3. The summed E-state index contributed by atoms with van der Waals surface area (Å²) in [6.07, 6.45) is -1.17. The molecule has 154 valence electrons. The summed E-state index contributed by atoms with van der Waals surface area (Å²) < 4.78 is 5.18. The molecule has 0 spiro atoms. The molecule has 1 heterocycles. The zero-order chi connectivity index (χ0) is 21.4. The Morgan fingerprint density at radius 1 is 0.897 bits per heavy atom. The van der Waals surface area contributed by atoms with Crippen molar-refractivity contribution in [2.75, 3.05) is 0 Å². The predicted molar refractivity (Wildman–Crippen MR) is 108 cm³/mol. The molecule has 0 bridgehead atoms. The molecule has 0 aliphatic rings. The zero-order valence-electron chi connectivity index (χ0n) is 16.3. The lowest BCUT2D eigenvalue weighted by Gasteiger charge is -2.22. The van der Waals surface area contributed by atoms with Crippen LogP contribution in [0, 0.1) is 5.92 Å². The van der Waals surface area contributed by atoms with Crippen molar-refractivity contribution >= 4 is 35.0 Å². The first kappa shape index (κ1) is 22.1. The fraction of sp³-hybridized carbons (Fsp3) is 0.300. The van der Waals surface area contributed by atoms with Crippen molar-refractivity contribution in [2.24, 2.45) is 5.92 Å². The Hall–Kier alpha value is -3.20.